The number of amides is 1. The maximum Gasteiger partial charge on any atom is 0.229 e. The quantitative estimate of drug-likeness (QED) is 0.870. The normalized spacial score (nSPS) is 14.4. The SMILES string of the molecule is Cn1c(NC(=O)C2CC2)nc2c(C#N)cccc21. The van der Waals surface area contributed by atoms with Crippen LogP contribution in [0.4, 0.5) is 5.95 Å². The molecule has 1 aliphatic carbocycles. The van der Waals surface area contributed by atoms with Gasteiger partial charge in [0.15, 0.2) is 0 Å². The Kier molecular flexibility index (Phi) is 2.30. The first kappa shape index (κ1) is 10.8. The first-order chi connectivity index (χ1) is 8.70. The molecule has 90 valence electrons. The van der Waals surface area contributed by atoms with E-state index in [0.29, 0.717) is 17.0 Å². The minimum atomic E-state index is 0.0203. The molecule has 2 aromatic rings. The number of carbonyl (C=O) groups is 1. The Bertz CT molecular complexity index is 676. The van der Waals surface area contributed by atoms with Gasteiger partial charge in [-0.2, -0.15) is 5.26 Å². The van der Waals surface area contributed by atoms with Crippen LogP contribution in [0.25, 0.3) is 11.0 Å². The van der Waals surface area contributed by atoms with Crippen LogP contribution in [0.1, 0.15) is 18.4 Å². The van der Waals surface area contributed by atoms with Gasteiger partial charge in [0.1, 0.15) is 11.6 Å². The number of benzene rings is 1. The lowest BCUT2D eigenvalue weighted by Crippen LogP contribution is -2.16. The highest BCUT2D eigenvalue weighted by atomic mass is 16.2. The summed E-state index contributed by atoms with van der Waals surface area (Å²) in [5.74, 6) is 0.664. The highest BCUT2D eigenvalue weighted by Crippen LogP contribution is 2.30. The molecule has 1 amide bonds. The smallest absolute Gasteiger partial charge is 0.229 e. The Labute approximate surface area is 104 Å². The van der Waals surface area contributed by atoms with Gasteiger partial charge in [0.25, 0.3) is 0 Å². The average Bonchev–Trinajstić information content (AvgIpc) is 3.17. The van der Waals surface area contributed by atoms with E-state index in [2.05, 4.69) is 16.4 Å². The number of rotatable bonds is 2. The molecule has 0 radical (unpaired) electrons. The molecule has 3 rings (SSSR count). The Balaban J connectivity index is 2.05. The van der Waals surface area contributed by atoms with Crippen molar-refractivity contribution in [3.05, 3.63) is 23.8 Å². The zero-order chi connectivity index (χ0) is 12.7. The molecule has 0 unspecified atom stereocenters. The Morgan fingerprint density at radius 2 is 2.33 bits per heavy atom. The van der Waals surface area contributed by atoms with Gasteiger partial charge in [-0.1, -0.05) is 6.07 Å². The molecule has 0 atom stereocenters. The van der Waals surface area contributed by atoms with Gasteiger partial charge >= 0.3 is 0 Å². The monoisotopic (exact) mass is 240 g/mol. The predicted molar refractivity (Wildman–Crippen MR) is 66.8 cm³/mol. The lowest BCUT2D eigenvalue weighted by Gasteiger charge is -2.03. The van der Waals surface area contributed by atoms with Crippen LogP contribution in [-0.4, -0.2) is 15.5 Å². The van der Waals surface area contributed by atoms with Crippen molar-refractivity contribution in [2.24, 2.45) is 13.0 Å². The molecule has 1 N–H and O–H groups in total. The molecule has 1 aliphatic rings. The number of imidazole rings is 1. The molecule has 1 saturated carbocycles. The number of hydrogen-bond acceptors (Lipinski definition) is 3. The summed E-state index contributed by atoms with van der Waals surface area (Å²) >= 11 is 0. The van der Waals surface area contributed by atoms with Crippen LogP contribution in [-0.2, 0) is 11.8 Å². The summed E-state index contributed by atoms with van der Waals surface area (Å²) in [4.78, 5) is 16.1. The number of nitrogens with one attached hydrogen (secondary N) is 1. The van der Waals surface area contributed by atoms with Crippen LogP contribution >= 0.6 is 0 Å². The van der Waals surface area contributed by atoms with Gasteiger partial charge in [-0.3, -0.25) is 10.1 Å². The van der Waals surface area contributed by atoms with E-state index in [1.165, 1.54) is 0 Å². The maximum absolute atomic E-state index is 11.7. The molecule has 1 aromatic carbocycles. The van der Waals surface area contributed by atoms with Crippen molar-refractivity contribution in [2.45, 2.75) is 12.8 Å². The van der Waals surface area contributed by atoms with Crippen LogP contribution in [0.5, 0.6) is 0 Å². The summed E-state index contributed by atoms with van der Waals surface area (Å²) in [6, 6.07) is 7.53. The Morgan fingerprint density at radius 3 is 3.00 bits per heavy atom. The number of nitriles is 1. The van der Waals surface area contributed by atoms with Gasteiger partial charge in [0, 0.05) is 13.0 Å². The van der Waals surface area contributed by atoms with E-state index in [1.807, 2.05) is 19.2 Å². The molecule has 1 heterocycles. The molecule has 0 aliphatic heterocycles. The number of nitrogens with zero attached hydrogens (tertiary/aromatic N) is 3. The van der Waals surface area contributed by atoms with E-state index in [4.69, 9.17) is 5.26 Å². The summed E-state index contributed by atoms with van der Waals surface area (Å²) < 4.78 is 1.80. The van der Waals surface area contributed by atoms with E-state index in [0.717, 1.165) is 18.4 Å². The molecule has 5 heteroatoms. The van der Waals surface area contributed by atoms with Gasteiger partial charge in [-0.05, 0) is 25.0 Å². The number of fused-ring (bicyclic) bond motifs is 1. The van der Waals surface area contributed by atoms with E-state index in [1.54, 1.807) is 10.6 Å². The summed E-state index contributed by atoms with van der Waals surface area (Å²) in [6.45, 7) is 0. The van der Waals surface area contributed by atoms with Crippen molar-refractivity contribution >= 4 is 22.9 Å². The molecule has 0 bridgehead atoms. The number of carbonyl (C=O) groups excluding carboxylic acids is 1. The van der Waals surface area contributed by atoms with Crippen LogP contribution in [0.15, 0.2) is 18.2 Å². The van der Waals surface area contributed by atoms with Crippen molar-refractivity contribution in [3.8, 4) is 6.07 Å². The number of aromatic nitrogens is 2. The third kappa shape index (κ3) is 1.63. The van der Waals surface area contributed by atoms with Crippen LogP contribution in [0.3, 0.4) is 0 Å². The second kappa shape index (κ2) is 3.84. The van der Waals surface area contributed by atoms with Crippen molar-refractivity contribution in [2.75, 3.05) is 5.32 Å². The number of anilines is 1. The lowest BCUT2D eigenvalue weighted by molar-refractivity contribution is -0.117. The number of hydrogen-bond donors (Lipinski definition) is 1. The molecule has 18 heavy (non-hydrogen) atoms. The van der Waals surface area contributed by atoms with Gasteiger partial charge in [-0.25, -0.2) is 4.98 Å². The van der Waals surface area contributed by atoms with E-state index >= 15 is 0 Å². The van der Waals surface area contributed by atoms with E-state index < -0.39 is 0 Å². The van der Waals surface area contributed by atoms with Crippen LogP contribution in [0, 0.1) is 17.2 Å². The fourth-order valence-corrected chi connectivity index (χ4v) is 1.97. The standard InChI is InChI=1S/C13H12N4O/c1-17-10-4-2-3-9(7-14)11(10)15-13(17)16-12(18)8-5-6-8/h2-4,8H,5-6H2,1H3,(H,15,16,18). The Hall–Kier alpha value is -2.35. The maximum atomic E-state index is 11.7. The fraction of sp³-hybridized carbons (Fsp3) is 0.308. The largest absolute Gasteiger partial charge is 0.313 e. The summed E-state index contributed by atoms with van der Waals surface area (Å²) in [5, 5.41) is 11.8. The van der Waals surface area contributed by atoms with Gasteiger partial charge in [-0.15, -0.1) is 0 Å². The van der Waals surface area contributed by atoms with Gasteiger partial charge in [0.2, 0.25) is 11.9 Å². The first-order valence-corrected chi connectivity index (χ1v) is 5.87. The predicted octanol–water partition coefficient (Wildman–Crippen LogP) is 1.79. The summed E-state index contributed by atoms with van der Waals surface area (Å²) in [5.41, 5.74) is 2.00. The summed E-state index contributed by atoms with van der Waals surface area (Å²) in [7, 11) is 1.83. The molecular formula is C13H12N4O. The molecular weight excluding hydrogens is 228 g/mol. The molecule has 1 aromatic heterocycles. The second-order valence-corrected chi connectivity index (χ2v) is 4.54. The first-order valence-electron chi connectivity index (χ1n) is 5.87. The fourth-order valence-electron chi connectivity index (χ4n) is 1.97. The molecule has 1 fully saturated rings. The Morgan fingerprint density at radius 1 is 1.56 bits per heavy atom. The third-order valence-corrected chi connectivity index (χ3v) is 3.22. The average molecular weight is 240 g/mol. The molecule has 5 nitrogen and oxygen atoms in total. The minimum absolute atomic E-state index is 0.0203. The van der Waals surface area contributed by atoms with Gasteiger partial charge < -0.3 is 4.57 Å². The molecule has 0 saturated heterocycles. The van der Waals surface area contributed by atoms with E-state index in [9.17, 15) is 4.79 Å². The second-order valence-electron chi connectivity index (χ2n) is 4.54. The van der Waals surface area contributed by atoms with Crippen molar-refractivity contribution in [1.29, 1.82) is 5.26 Å². The topological polar surface area (TPSA) is 70.7 Å². The highest BCUT2D eigenvalue weighted by molar-refractivity contribution is 5.95. The summed E-state index contributed by atoms with van der Waals surface area (Å²) in [6.07, 6.45) is 1.92. The molecule has 0 spiro atoms. The van der Waals surface area contributed by atoms with Crippen molar-refractivity contribution < 1.29 is 4.79 Å². The van der Waals surface area contributed by atoms with Crippen LogP contribution < -0.4 is 5.32 Å². The van der Waals surface area contributed by atoms with Crippen LogP contribution in [0.2, 0.25) is 0 Å². The van der Waals surface area contributed by atoms with Crippen molar-refractivity contribution in [1.82, 2.24) is 9.55 Å². The van der Waals surface area contributed by atoms with E-state index in [-0.39, 0.29) is 11.8 Å². The van der Waals surface area contributed by atoms with Crippen molar-refractivity contribution in [3.63, 3.8) is 0 Å². The number of aryl methyl sites for hydroxylation is 1. The zero-order valence-electron chi connectivity index (χ0n) is 9.97. The lowest BCUT2D eigenvalue weighted by atomic mass is 10.2. The third-order valence-electron chi connectivity index (χ3n) is 3.22. The zero-order valence-corrected chi connectivity index (χ0v) is 9.97. The number of para-hydroxylation sites is 1. The highest BCUT2D eigenvalue weighted by Gasteiger charge is 2.30. The minimum Gasteiger partial charge on any atom is -0.313 e. The van der Waals surface area contributed by atoms with Gasteiger partial charge in [0.05, 0.1) is 11.1 Å².